The van der Waals surface area contributed by atoms with Crippen LogP contribution in [0.25, 0.3) is 0 Å². The number of nitrogens with zero attached hydrogens (tertiary/aromatic N) is 3. The van der Waals surface area contributed by atoms with Crippen LogP contribution in [0.15, 0.2) is 18.3 Å². The van der Waals surface area contributed by atoms with Crippen molar-refractivity contribution in [1.82, 2.24) is 9.88 Å². The van der Waals surface area contributed by atoms with Crippen LogP contribution in [0.3, 0.4) is 0 Å². The number of hydrogen-bond donors (Lipinski definition) is 1. The summed E-state index contributed by atoms with van der Waals surface area (Å²) >= 11 is 0. The van der Waals surface area contributed by atoms with Gasteiger partial charge in [0.2, 0.25) is 0 Å². The Morgan fingerprint density at radius 3 is 2.24 bits per heavy atom. The van der Waals surface area contributed by atoms with Gasteiger partial charge in [0, 0.05) is 32.2 Å². The molecule has 4 heteroatoms. The van der Waals surface area contributed by atoms with Crippen LogP contribution >= 0.6 is 0 Å². The van der Waals surface area contributed by atoms with Crippen LogP contribution in [0.4, 0.5) is 11.5 Å². The summed E-state index contributed by atoms with van der Waals surface area (Å²) < 4.78 is 0. The number of hydrogen-bond acceptors (Lipinski definition) is 4. The van der Waals surface area contributed by atoms with E-state index in [9.17, 15) is 0 Å². The van der Waals surface area contributed by atoms with Gasteiger partial charge in [-0.2, -0.15) is 0 Å². The number of nitrogen functional groups attached to an aromatic ring is 1. The lowest BCUT2D eigenvalue weighted by molar-refractivity contribution is 0.104. The highest BCUT2D eigenvalue weighted by atomic mass is 15.3. The second-order valence-electron chi connectivity index (χ2n) is 7.04. The number of pyridine rings is 1. The summed E-state index contributed by atoms with van der Waals surface area (Å²) in [4.78, 5) is 9.53. The lowest BCUT2D eigenvalue weighted by Crippen LogP contribution is -2.52. The molecular weight excluding hydrogens is 260 g/mol. The molecule has 1 aliphatic heterocycles. The molecule has 0 amide bonds. The minimum atomic E-state index is 0.738. The van der Waals surface area contributed by atoms with Gasteiger partial charge in [0.15, 0.2) is 0 Å². The maximum atomic E-state index is 5.71. The Balaban J connectivity index is 1.56. The molecule has 2 aliphatic rings. The van der Waals surface area contributed by atoms with Crippen molar-refractivity contribution in [1.29, 1.82) is 0 Å². The molecule has 2 unspecified atom stereocenters. The van der Waals surface area contributed by atoms with Gasteiger partial charge in [-0.15, -0.1) is 0 Å². The summed E-state index contributed by atoms with van der Waals surface area (Å²) in [5.74, 6) is 2.83. The summed E-state index contributed by atoms with van der Waals surface area (Å²) in [6, 6.07) is 4.78. The van der Waals surface area contributed by atoms with Crippen molar-refractivity contribution in [3.05, 3.63) is 18.3 Å². The second-order valence-corrected chi connectivity index (χ2v) is 7.04. The first kappa shape index (κ1) is 14.6. The van der Waals surface area contributed by atoms with Crippen LogP contribution in [0, 0.1) is 11.8 Å². The molecule has 1 saturated carbocycles. The van der Waals surface area contributed by atoms with E-state index in [4.69, 9.17) is 5.73 Å². The molecule has 2 fully saturated rings. The lowest BCUT2D eigenvalue weighted by atomic mass is 9.79. The van der Waals surface area contributed by atoms with Gasteiger partial charge in [0.25, 0.3) is 0 Å². The summed E-state index contributed by atoms with van der Waals surface area (Å²) in [6.07, 6.45) is 5.92. The molecule has 0 aromatic carbocycles. The Hall–Kier alpha value is -1.29. The normalized spacial score (nSPS) is 31.3. The van der Waals surface area contributed by atoms with Gasteiger partial charge in [0.05, 0.1) is 11.9 Å². The molecule has 4 nitrogen and oxygen atoms in total. The van der Waals surface area contributed by atoms with E-state index in [0.29, 0.717) is 0 Å². The molecule has 0 radical (unpaired) electrons. The predicted octanol–water partition coefficient (Wildman–Crippen LogP) is 2.61. The monoisotopic (exact) mass is 288 g/mol. The number of aromatic nitrogens is 1. The van der Waals surface area contributed by atoms with Crippen molar-refractivity contribution in [2.75, 3.05) is 36.8 Å². The smallest absolute Gasteiger partial charge is 0.128 e. The van der Waals surface area contributed by atoms with Crippen molar-refractivity contribution < 1.29 is 0 Å². The van der Waals surface area contributed by atoms with Crippen molar-refractivity contribution in [2.24, 2.45) is 11.8 Å². The third-order valence-electron chi connectivity index (χ3n) is 5.08. The standard InChI is InChI=1S/C17H28N4/c1-13-9-14(2)11-16(10-13)20-5-7-21(8-6-20)17-4-3-15(18)12-19-17/h3-4,12-14,16H,5-11,18H2,1-2H3. The largest absolute Gasteiger partial charge is 0.397 e. The zero-order valence-electron chi connectivity index (χ0n) is 13.3. The topological polar surface area (TPSA) is 45.4 Å². The van der Waals surface area contributed by atoms with Crippen LogP contribution in [-0.2, 0) is 0 Å². The number of rotatable bonds is 2. The average Bonchev–Trinajstić information content (AvgIpc) is 2.47. The zero-order valence-corrected chi connectivity index (χ0v) is 13.3. The molecular formula is C17H28N4. The van der Waals surface area contributed by atoms with E-state index in [-0.39, 0.29) is 0 Å². The average molecular weight is 288 g/mol. The molecule has 21 heavy (non-hydrogen) atoms. The molecule has 2 N–H and O–H groups in total. The Morgan fingerprint density at radius 1 is 1.00 bits per heavy atom. The maximum absolute atomic E-state index is 5.71. The summed E-state index contributed by atoms with van der Waals surface area (Å²) in [5, 5.41) is 0. The predicted molar refractivity (Wildman–Crippen MR) is 88.4 cm³/mol. The lowest BCUT2D eigenvalue weighted by Gasteiger charge is -2.43. The first-order chi connectivity index (χ1) is 10.1. The van der Waals surface area contributed by atoms with E-state index in [1.807, 2.05) is 12.1 Å². The molecule has 1 aliphatic carbocycles. The van der Waals surface area contributed by atoms with Crippen molar-refractivity contribution >= 4 is 11.5 Å². The van der Waals surface area contributed by atoms with Crippen LogP contribution in [0.5, 0.6) is 0 Å². The number of anilines is 2. The quantitative estimate of drug-likeness (QED) is 0.908. The highest BCUT2D eigenvalue weighted by molar-refractivity contribution is 5.46. The van der Waals surface area contributed by atoms with Crippen LogP contribution in [0.2, 0.25) is 0 Å². The van der Waals surface area contributed by atoms with Gasteiger partial charge in [0.1, 0.15) is 5.82 Å². The second kappa shape index (κ2) is 6.22. The highest BCUT2D eigenvalue weighted by Gasteiger charge is 2.30. The fourth-order valence-electron chi connectivity index (χ4n) is 4.10. The molecule has 1 aromatic rings. The van der Waals surface area contributed by atoms with Crippen LogP contribution in [-0.4, -0.2) is 42.1 Å². The number of nitrogens with two attached hydrogens (primary N) is 1. The van der Waals surface area contributed by atoms with E-state index in [2.05, 4.69) is 28.6 Å². The fourth-order valence-corrected chi connectivity index (χ4v) is 4.10. The fraction of sp³-hybridized carbons (Fsp3) is 0.706. The molecule has 1 aromatic heterocycles. The minimum absolute atomic E-state index is 0.738. The van der Waals surface area contributed by atoms with Gasteiger partial charge in [-0.1, -0.05) is 13.8 Å². The van der Waals surface area contributed by atoms with Gasteiger partial charge in [-0.3, -0.25) is 4.90 Å². The minimum Gasteiger partial charge on any atom is -0.397 e. The van der Waals surface area contributed by atoms with Gasteiger partial charge < -0.3 is 10.6 Å². The third-order valence-corrected chi connectivity index (χ3v) is 5.08. The van der Waals surface area contributed by atoms with Crippen LogP contribution in [0.1, 0.15) is 33.1 Å². The Labute approximate surface area is 128 Å². The van der Waals surface area contributed by atoms with E-state index in [0.717, 1.165) is 55.6 Å². The van der Waals surface area contributed by atoms with Crippen molar-refractivity contribution in [2.45, 2.75) is 39.2 Å². The Kier molecular flexibility index (Phi) is 4.34. The first-order valence-electron chi connectivity index (χ1n) is 8.32. The zero-order chi connectivity index (χ0) is 14.8. The third kappa shape index (κ3) is 3.49. The molecule has 0 spiro atoms. The van der Waals surface area contributed by atoms with Crippen molar-refractivity contribution in [3.8, 4) is 0 Å². The number of piperazine rings is 1. The SMILES string of the molecule is CC1CC(C)CC(N2CCN(c3ccc(N)cn3)CC2)C1. The van der Waals surface area contributed by atoms with Crippen molar-refractivity contribution in [3.63, 3.8) is 0 Å². The van der Waals surface area contributed by atoms with Gasteiger partial charge in [-0.25, -0.2) is 4.98 Å². The van der Waals surface area contributed by atoms with E-state index >= 15 is 0 Å². The summed E-state index contributed by atoms with van der Waals surface area (Å²) in [6.45, 7) is 9.31. The Morgan fingerprint density at radius 2 is 1.67 bits per heavy atom. The van der Waals surface area contributed by atoms with E-state index in [1.165, 1.54) is 19.3 Å². The van der Waals surface area contributed by atoms with E-state index < -0.39 is 0 Å². The first-order valence-corrected chi connectivity index (χ1v) is 8.32. The molecule has 3 rings (SSSR count). The van der Waals surface area contributed by atoms with Gasteiger partial charge in [-0.05, 0) is 43.2 Å². The maximum Gasteiger partial charge on any atom is 0.128 e. The summed E-state index contributed by atoms with van der Waals surface area (Å²) in [7, 11) is 0. The van der Waals surface area contributed by atoms with Gasteiger partial charge >= 0.3 is 0 Å². The van der Waals surface area contributed by atoms with Crippen LogP contribution < -0.4 is 10.6 Å². The molecule has 2 heterocycles. The molecule has 2 atom stereocenters. The summed E-state index contributed by atoms with van der Waals surface area (Å²) in [5.41, 5.74) is 6.45. The molecule has 116 valence electrons. The van der Waals surface area contributed by atoms with E-state index in [1.54, 1.807) is 6.20 Å². The Bertz CT molecular complexity index is 440. The molecule has 0 bridgehead atoms. The highest BCUT2D eigenvalue weighted by Crippen LogP contribution is 2.32. The molecule has 1 saturated heterocycles.